The van der Waals surface area contributed by atoms with Crippen molar-refractivity contribution in [1.29, 1.82) is 0 Å². The third-order valence-corrected chi connectivity index (χ3v) is 6.84. The number of hydrogen-bond acceptors (Lipinski definition) is 4. The van der Waals surface area contributed by atoms with Crippen LogP contribution in [0, 0.1) is 5.92 Å². The summed E-state index contributed by atoms with van der Waals surface area (Å²) < 4.78 is 0. The minimum absolute atomic E-state index is 0.00577. The van der Waals surface area contributed by atoms with Gasteiger partial charge in [-0.25, -0.2) is 4.79 Å². The van der Waals surface area contributed by atoms with Crippen molar-refractivity contribution in [2.75, 3.05) is 32.7 Å². The van der Waals surface area contributed by atoms with E-state index in [9.17, 15) is 14.4 Å². The molecule has 1 N–H and O–H groups in total. The molecule has 28 heavy (non-hydrogen) atoms. The molecule has 6 rings (SSSR count). The zero-order valence-electron chi connectivity index (χ0n) is 16.0. The average Bonchev–Trinajstić information content (AvgIpc) is 3.12. The van der Waals surface area contributed by atoms with Crippen molar-refractivity contribution in [3.63, 3.8) is 0 Å². The highest BCUT2D eigenvalue weighted by molar-refractivity contribution is 6.04. The Balaban J connectivity index is 1.27. The molecule has 0 aromatic heterocycles. The van der Waals surface area contributed by atoms with Gasteiger partial charge in [-0.2, -0.15) is 0 Å². The van der Waals surface area contributed by atoms with E-state index in [0.29, 0.717) is 12.0 Å². The van der Waals surface area contributed by atoms with Gasteiger partial charge in [0, 0.05) is 31.7 Å². The molecule has 0 unspecified atom stereocenters. The maximum atomic E-state index is 12.9. The summed E-state index contributed by atoms with van der Waals surface area (Å²) in [4.78, 5) is 42.1. The molecule has 1 aliphatic carbocycles. The van der Waals surface area contributed by atoms with Crippen LogP contribution in [0.1, 0.15) is 24.0 Å². The average molecular weight is 382 g/mol. The van der Waals surface area contributed by atoms with Gasteiger partial charge in [0.2, 0.25) is 5.91 Å². The topological polar surface area (TPSA) is 73.0 Å². The van der Waals surface area contributed by atoms with E-state index in [1.165, 1.54) is 11.1 Å². The summed E-state index contributed by atoms with van der Waals surface area (Å²) in [5.74, 6) is 0.0508. The fourth-order valence-corrected chi connectivity index (χ4v) is 5.36. The van der Waals surface area contributed by atoms with Gasteiger partial charge in [-0.1, -0.05) is 24.3 Å². The van der Waals surface area contributed by atoms with Crippen LogP contribution in [0.15, 0.2) is 24.3 Å². The van der Waals surface area contributed by atoms with E-state index < -0.39 is 6.03 Å². The van der Waals surface area contributed by atoms with Crippen molar-refractivity contribution in [2.45, 2.75) is 37.8 Å². The van der Waals surface area contributed by atoms with Gasteiger partial charge in [0.25, 0.3) is 5.91 Å². The maximum absolute atomic E-state index is 12.9. The fourth-order valence-electron chi connectivity index (χ4n) is 5.36. The van der Waals surface area contributed by atoms with Crippen molar-refractivity contribution in [2.24, 2.45) is 5.92 Å². The number of amides is 4. The first-order chi connectivity index (χ1) is 13.6. The largest absolute Gasteiger partial charge is 0.337 e. The number of carbonyl (C=O) groups excluding carboxylic acids is 3. The lowest BCUT2D eigenvalue weighted by Gasteiger charge is -2.37. The summed E-state index contributed by atoms with van der Waals surface area (Å²) in [6.07, 6.45) is 4.33. The van der Waals surface area contributed by atoms with Gasteiger partial charge in [0.05, 0.1) is 6.54 Å². The number of carbonyl (C=O) groups is 3. The normalized spacial score (nSPS) is 27.9. The number of benzene rings is 1. The zero-order chi connectivity index (χ0) is 19.3. The lowest BCUT2D eigenvalue weighted by Crippen LogP contribution is -2.52. The van der Waals surface area contributed by atoms with E-state index in [1.807, 2.05) is 4.90 Å². The fraction of sp³-hybridized carbons (Fsp3) is 0.571. The van der Waals surface area contributed by atoms with Crippen molar-refractivity contribution in [3.05, 3.63) is 35.4 Å². The van der Waals surface area contributed by atoms with E-state index in [0.717, 1.165) is 50.2 Å². The molecular weight excluding hydrogens is 356 g/mol. The Hall–Kier alpha value is -2.41. The van der Waals surface area contributed by atoms with Crippen molar-refractivity contribution < 1.29 is 14.4 Å². The SMILES string of the molecule is O=C1CNC(=O)N1CC(=O)N1C[C@H]2CC[C@@H]1CN(C1Cc3ccccc3C1)C2. The number of urea groups is 1. The Morgan fingerprint density at radius 1 is 1.00 bits per heavy atom. The molecule has 1 aromatic rings. The molecular formula is C21H26N4O3. The molecule has 0 spiro atoms. The highest BCUT2D eigenvalue weighted by atomic mass is 16.2. The summed E-state index contributed by atoms with van der Waals surface area (Å²) in [7, 11) is 0. The summed E-state index contributed by atoms with van der Waals surface area (Å²) in [5, 5.41) is 2.49. The number of nitrogens with zero attached hydrogens (tertiary/aromatic N) is 3. The minimum atomic E-state index is -0.455. The molecule has 0 radical (unpaired) electrons. The Bertz CT molecular complexity index is 785. The zero-order valence-corrected chi connectivity index (χ0v) is 16.0. The van der Waals surface area contributed by atoms with Crippen LogP contribution in [-0.2, 0) is 22.4 Å². The van der Waals surface area contributed by atoms with Gasteiger partial charge >= 0.3 is 6.03 Å². The highest BCUT2D eigenvalue weighted by Crippen LogP contribution is 2.33. The summed E-state index contributed by atoms with van der Waals surface area (Å²) in [6.45, 7) is 2.52. The first-order valence-electron chi connectivity index (χ1n) is 10.3. The van der Waals surface area contributed by atoms with Gasteiger partial charge in [0.1, 0.15) is 6.54 Å². The summed E-state index contributed by atoms with van der Waals surface area (Å²) in [6, 6.07) is 8.93. The van der Waals surface area contributed by atoms with Crippen LogP contribution in [0.4, 0.5) is 4.79 Å². The predicted molar refractivity (Wildman–Crippen MR) is 103 cm³/mol. The first-order valence-corrected chi connectivity index (χ1v) is 10.3. The third-order valence-electron chi connectivity index (χ3n) is 6.84. The number of imide groups is 1. The van der Waals surface area contributed by atoms with E-state index in [1.54, 1.807) is 0 Å². The Morgan fingerprint density at radius 2 is 1.75 bits per heavy atom. The monoisotopic (exact) mass is 382 g/mol. The Labute approximate surface area is 164 Å². The van der Waals surface area contributed by atoms with Gasteiger partial charge in [-0.05, 0) is 42.7 Å². The van der Waals surface area contributed by atoms with Crippen LogP contribution in [0.3, 0.4) is 0 Å². The van der Waals surface area contributed by atoms with E-state index in [-0.39, 0.29) is 30.9 Å². The molecule has 2 atom stereocenters. The lowest BCUT2D eigenvalue weighted by atomic mass is 9.95. The molecule has 0 saturated carbocycles. The smallest absolute Gasteiger partial charge is 0.325 e. The lowest BCUT2D eigenvalue weighted by molar-refractivity contribution is -0.139. The molecule has 148 valence electrons. The summed E-state index contributed by atoms with van der Waals surface area (Å²) >= 11 is 0. The molecule has 4 saturated heterocycles. The van der Waals surface area contributed by atoms with E-state index in [2.05, 4.69) is 34.5 Å². The first kappa shape index (κ1) is 17.7. The predicted octanol–water partition coefficient (Wildman–Crippen LogP) is 0.628. The van der Waals surface area contributed by atoms with Gasteiger partial charge in [0.15, 0.2) is 0 Å². The van der Waals surface area contributed by atoms with Gasteiger partial charge < -0.3 is 10.2 Å². The molecule has 4 amide bonds. The third kappa shape index (κ3) is 3.07. The second-order valence-electron chi connectivity index (χ2n) is 8.57. The summed E-state index contributed by atoms with van der Waals surface area (Å²) in [5.41, 5.74) is 2.91. The molecule has 7 heteroatoms. The van der Waals surface area contributed by atoms with Crippen LogP contribution >= 0.6 is 0 Å². The van der Waals surface area contributed by atoms with Crippen LogP contribution < -0.4 is 5.32 Å². The quantitative estimate of drug-likeness (QED) is 0.779. The maximum Gasteiger partial charge on any atom is 0.325 e. The van der Waals surface area contributed by atoms with Gasteiger partial charge in [-0.15, -0.1) is 0 Å². The Morgan fingerprint density at radius 3 is 2.43 bits per heavy atom. The van der Waals surface area contributed by atoms with Crippen LogP contribution in [0.5, 0.6) is 0 Å². The van der Waals surface area contributed by atoms with E-state index >= 15 is 0 Å². The second-order valence-corrected chi connectivity index (χ2v) is 8.57. The van der Waals surface area contributed by atoms with E-state index in [4.69, 9.17) is 0 Å². The van der Waals surface area contributed by atoms with Crippen LogP contribution in [-0.4, -0.2) is 77.4 Å². The molecule has 4 aliphatic heterocycles. The van der Waals surface area contributed by atoms with Crippen LogP contribution in [0.25, 0.3) is 0 Å². The van der Waals surface area contributed by atoms with Crippen LogP contribution in [0.2, 0.25) is 0 Å². The molecule has 4 heterocycles. The standard InChI is InChI=1S/C21H26N4O3/c26-19-9-22-21(28)25(19)13-20(27)24-11-14-5-6-17(24)12-23(10-14)18-7-15-3-1-2-4-16(15)8-18/h1-4,14,17-18H,5-13H2,(H,22,28)/t14-,17+/m0/s1. The minimum Gasteiger partial charge on any atom is -0.337 e. The van der Waals surface area contributed by atoms with Crippen molar-refractivity contribution in [1.82, 2.24) is 20.0 Å². The highest BCUT2D eigenvalue weighted by Gasteiger charge is 2.41. The number of nitrogens with one attached hydrogen (secondary N) is 1. The molecule has 5 aliphatic rings. The molecule has 7 nitrogen and oxygen atoms in total. The van der Waals surface area contributed by atoms with Gasteiger partial charge in [-0.3, -0.25) is 19.4 Å². The molecule has 1 aromatic carbocycles. The Kier molecular flexibility index (Phi) is 4.34. The number of hydrogen-bond donors (Lipinski definition) is 1. The second kappa shape index (κ2) is 6.88. The molecule has 2 bridgehead atoms. The number of fused-ring (bicyclic) bond motifs is 5. The number of rotatable bonds is 3. The van der Waals surface area contributed by atoms with Crippen molar-refractivity contribution >= 4 is 17.8 Å². The van der Waals surface area contributed by atoms with Crippen molar-refractivity contribution in [3.8, 4) is 0 Å². The molecule has 4 fully saturated rings. The number of piperidine rings is 1.